The number of methoxy groups -OCH3 is 2. The van der Waals surface area contributed by atoms with Crippen LogP contribution in [0, 0.1) is 0 Å². The molecule has 0 bridgehead atoms. The Morgan fingerprint density at radius 2 is 1.95 bits per heavy atom. The summed E-state index contributed by atoms with van der Waals surface area (Å²) in [7, 11) is 3.27. The van der Waals surface area contributed by atoms with Crippen LogP contribution in [-0.2, 0) is 0 Å². The van der Waals surface area contributed by atoms with Crippen LogP contribution in [0.5, 0.6) is 11.5 Å². The van der Waals surface area contributed by atoms with Crippen LogP contribution in [0.2, 0.25) is 0 Å². The lowest BCUT2D eigenvalue weighted by molar-refractivity contribution is 0.395. The minimum absolute atomic E-state index is 0.728. The molecule has 0 fully saturated rings. The van der Waals surface area contributed by atoms with E-state index in [9.17, 15) is 0 Å². The predicted molar refractivity (Wildman–Crippen MR) is 81.2 cm³/mol. The number of rotatable bonds is 6. The van der Waals surface area contributed by atoms with Crippen LogP contribution in [0.3, 0.4) is 0 Å². The topological polar surface area (TPSA) is 55.4 Å². The number of nitrogens with zero attached hydrogens (tertiary/aromatic N) is 1. The third-order valence-corrected chi connectivity index (χ3v) is 2.81. The highest BCUT2D eigenvalue weighted by Crippen LogP contribution is 2.31. The van der Waals surface area contributed by atoms with Gasteiger partial charge in [-0.25, -0.2) is 4.98 Å². The predicted octanol–water partition coefficient (Wildman–Crippen LogP) is 3.27. The number of nitrogens with one attached hydrogen (secondary N) is 2. The Bertz CT molecular complexity index is 573. The van der Waals surface area contributed by atoms with Gasteiger partial charge >= 0.3 is 0 Å². The molecule has 1 aromatic carbocycles. The SMILES string of the molecule is CCNc1cc(Nc2ccc(OC)cc2OC)ccn1. The van der Waals surface area contributed by atoms with Crippen molar-refractivity contribution < 1.29 is 9.47 Å². The Hall–Kier alpha value is -2.43. The molecule has 0 aliphatic rings. The van der Waals surface area contributed by atoms with Crippen molar-refractivity contribution in [2.45, 2.75) is 6.92 Å². The summed E-state index contributed by atoms with van der Waals surface area (Å²) in [6, 6.07) is 9.51. The van der Waals surface area contributed by atoms with Crippen LogP contribution in [-0.4, -0.2) is 25.7 Å². The molecule has 20 heavy (non-hydrogen) atoms. The first kappa shape index (κ1) is 14.0. The zero-order valence-electron chi connectivity index (χ0n) is 11.9. The number of anilines is 3. The van der Waals surface area contributed by atoms with Gasteiger partial charge in [-0.05, 0) is 25.1 Å². The molecule has 5 nitrogen and oxygen atoms in total. The van der Waals surface area contributed by atoms with E-state index >= 15 is 0 Å². The summed E-state index contributed by atoms with van der Waals surface area (Å²) in [5.41, 5.74) is 1.82. The van der Waals surface area contributed by atoms with E-state index < -0.39 is 0 Å². The molecule has 0 spiro atoms. The third-order valence-electron chi connectivity index (χ3n) is 2.81. The van der Waals surface area contributed by atoms with Gasteiger partial charge in [0, 0.05) is 30.6 Å². The van der Waals surface area contributed by atoms with E-state index in [1.165, 1.54) is 0 Å². The maximum atomic E-state index is 5.36. The minimum atomic E-state index is 0.728. The van der Waals surface area contributed by atoms with Gasteiger partial charge in [-0.2, -0.15) is 0 Å². The van der Waals surface area contributed by atoms with Gasteiger partial charge in [0.1, 0.15) is 17.3 Å². The van der Waals surface area contributed by atoms with Crippen molar-refractivity contribution in [2.24, 2.45) is 0 Å². The Kier molecular flexibility index (Phi) is 4.65. The second-order valence-electron chi connectivity index (χ2n) is 4.15. The van der Waals surface area contributed by atoms with Crippen LogP contribution >= 0.6 is 0 Å². The largest absolute Gasteiger partial charge is 0.497 e. The molecule has 0 atom stereocenters. The Labute approximate surface area is 118 Å². The second kappa shape index (κ2) is 6.65. The van der Waals surface area contributed by atoms with E-state index in [2.05, 4.69) is 15.6 Å². The molecule has 1 aromatic heterocycles. The number of hydrogen-bond acceptors (Lipinski definition) is 5. The van der Waals surface area contributed by atoms with Crippen LogP contribution in [0.4, 0.5) is 17.2 Å². The van der Waals surface area contributed by atoms with Crippen molar-refractivity contribution in [1.29, 1.82) is 0 Å². The fraction of sp³-hybridized carbons (Fsp3) is 0.267. The highest BCUT2D eigenvalue weighted by molar-refractivity contribution is 5.68. The molecule has 0 aliphatic carbocycles. The van der Waals surface area contributed by atoms with Gasteiger partial charge in [0.05, 0.1) is 19.9 Å². The van der Waals surface area contributed by atoms with Gasteiger partial charge < -0.3 is 20.1 Å². The molecular formula is C15H19N3O2. The molecule has 2 rings (SSSR count). The van der Waals surface area contributed by atoms with Gasteiger partial charge in [0.15, 0.2) is 0 Å². The fourth-order valence-electron chi connectivity index (χ4n) is 1.84. The summed E-state index contributed by atoms with van der Waals surface area (Å²) in [5.74, 6) is 2.33. The van der Waals surface area contributed by atoms with Gasteiger partial charge in [-0.1, -0.05) is 0 Å². The maximum Gasteiger partial charge on any atom is 0.145 e. The van der Waals surface area contributed by atoms with Crippen molar-refractivity contribution in [3.63, 3.8) is 0 Å². The molecule has 0 amide bonds. The average Bonchev–Trinajstić information content (AvgIpc) is 2.48. The summed E-state index contributed by atoms with van der Waals surface area (Å²) in [6.45, 7) is 2.87. The van der Waals surface area contributed by atoms with Crippen molar-refractivity contribution in [3.05, 3.63) is 36.5 Å². The summed E-state index contributed by atoms with van der Waals surface area (Å²) in [6.07, 6.45) is 1.76. The van der Waals surface area contributed by atoms with Gasteiger partial charge in [0.25, 0.3) is 0 Å². The van der Waals surface area contributed by atoms with E-state index in [0.717, 1.165) is 35.2 Å². The zero-order chi connectivity index (χ0) is 14.4. The van der Waals surface area contributed by atoms with E-state index in [-0.39, 0.29) is 0 Å². The first-order valence-electron chi connectivity index (χ1n) is 6.45. The third kappa shape index (κ3) is 3.32. The zero-order valence-corrected chi connectivity index (χ0v) is 11.9. The molecule has 0 aliphatic heterocycles. The van der Waals surface area contributed by atoms with Crippen molar-refractivity contribution in [3.8, 4) is 11.5 Å². The van der Waals surface area contributed by atoms with Crippen molar-refractivity contribution in [2.75, 3.05) is 31.4 Å². The summed E-state index contributed by atoms with van der Waals surface area (Å²) >= 11 is 0. The highest BCUT2D eigenvalue weighted by atomic mass is 16.5. The lowest BCUT2D eigenvalue weighted by atomic mass is 10.2. The van der Waals surface area contributed by atoms with Gasteiger partial charge in [0.2, 0.25) is 0 Å². The molecule has 106 valence electrons. The van der Waals surface area contributed by atoms with Crippen molar-refractivity contribution >= 4 is 17.2 Å². The van der Waals surface area contributed by atoms with Crippen LogP contribution in [0.1, 0.15) is 6.92 Å². The number of hydrogen-bond donors (Lipinski definition) is 2. The number of ether oxygens (including phenoxy) is 2. The minimum Gasteiger partial charge on any atom is -0.497 e. The molecular weight excluding hydrogens is 254 g/mol. The Balaban J connectivity index is 2.22. The lowest BCUT2D eigenvalue weighted by Gasteiger charge is -2.13. The maximum absolute atomic E-state index is 5.36. The highest BCUT2D eigenvalue weighted by Gasteiger charge is 2.05. The van der Waals surface area contributed by atoms with E-state index in [0.29, 0.717) is 0 Å². The summed E-state index contributed by atoms with van der Waals surface area (Å²) in [4.78, 5) is 4.24. The second-order valence-corrected chi connectivity index (χ2v) is 4.15. The quantitative estimate of drug-likeness (QED) is 0.846. The summed E-state index contributed by atoms with van der Waals surface area (Å²) < 4.78 is 10.5. The van der Waals surface area contributed by atoms with Gasteiger partial charge in [-0.3, -0.25) is 0 Å². The normalized spacial score (nSPS) is 9.95. The molecule has 2 N–H and O–H groups in total. The first-order valence-corrected chi connectivity index (χ1v) is 6.45. The van der Waals surface area contributed by atoms with E-state index in [1.807, 2.05) is 37.3 Å². The molecule has 2 aromatic rings. The monoisotopic (exact) mass is 273 g/mol. The number of aromatic nitrogens is 1. The van der Waals surface area contributed by atoms with Crippen LogP contribution in [0.25, 0.3) is 0 Å². The van der Waals surface area contributed by atoms with Crippen molar-refractivity contribution in [1.82, 2.24) is 4.98 Å². The fourth-order valence-corrected chi connectivity index (χ4v) is 1.84. The average molecular weight is 273 g/mol. The first-order chi connectivity index (χ1) is 9.76. The molecule has 0 saturated heterocycles. The Morgan fingerprint density at radius 3 is 2.65 bits per heavy atom. The van der Waals surface area contributed by atoms with Crippen LogP contribution in [0.15, 0.2) is 36.5 Å². The lowest BCUT2D eigenvalue weighted by Crippen LogP contribution is -2.00. The Morgan fingerprint density at radius 1 is 1.10 bits per heavy atom. The number of pyridine rings is 1. The summed E-state index contributed by atoms with van der Waals surface area (Å²) in [5, 5.41) is 6.49. The molecule has 0 saturated carbocycles. The van der Waals surface area contributed by atoms with Crippen LogP contribution < -0.4 is 20.1 Å². The van der Waals surface area contributed by atoms with Gasteiger partial charge in [-0.15, -0.1) is 0 Å². The molecule has 0 radical (unpaired) electrons. The van der Waals surface area contributed by atoms with E-state index in [1.54, 1.807) is 20.4 Å². The smallest absolute Gasteiger partial charge is 0.145 e. The standard InChI is InChI=1S/C15H19N3O2/c1-4-16-15-9-11(7-8-17-15)18-13-6-5-12(19-2)10-14(13)20-3/h5-10H,4H2,1-3H3,(H2,16,17,18). The number of benzene rings is 1. The molecule has 5 heteroatoms. The molecule has 0 unspecified atom stereocenters. The molecule has 1 heterocycles. The van der Waals surface area contributed by atoms with E-state index in [4.69, 9.17) is 9.47 Å².